The lowest BCUT2D eigenvalue weighted by atomic mass is 10.3. The smallest absolute Gasteiger partial charge is 0.269 e. The zero-order valence-corrected chi connectivity index (χ0v) is 9.40. The lowest BCUT2D eigenvalue weighted by Crippen LogP contribution is -2.21. The molecule has 2 aromatic heterocycles. The minimum atomic E-state index is -0.185. The van der Waals surface area contributed by atoms with Gasteiger partial charge in [0, 0.05) is 20.3 Å². The van der Waals surface area contributed by atoms with Crippen molar-refractivity contribution in [2.75, 3.05) is 12.8 Å². The molecule has 0 spiro atoms. The number of carbonyl (C=O) groups is 1. The van der Waals surface area contributed by atoms with Gasteiger partial charge in [-0.1, -0.05) is 0 Å². The van der Waals surface area contributed by atoms with Crippen LogP contribution >= 0.6 is 0 Å². The molecule has 2 aromatic rings. The Morgan fingerprint density at radius 2 is 2.19 bits per heavy atom. The summed E-state index contributed by atoms with van der Waals surface area (Å²) in [6, 6.07) is 0. The second-order valence-electron chi connectivity index (χ2n) is 3.59. The fraction of sp³-hybridized carbons (Fsp3) is 0.300. The summed E-state index contributed by atoms with van der Waals surface area (Å²) < 4.78 is 1.70. The standard InChI is InChI=1S/C10H13N5O/c1-5-13-7-6(9(11)14-5)4-15(3)8(7)10(16)12-2/h4H,1-3H3,(H,12,16)(H2,11,13,14). The molecule has 0 bridgehead atoms. The quantitative estimate of drug-likeness (QED) is 0.718. The molecule has 0 atom stereocenters. The molecule has 1 amide bonds. The summed E-state index contributed by atoms with van der Waals surface area (Å²) in [7, 11) is 3.36. The minimum Gasteiger partial charge on any atom is -0.383 e. The maximum absolute atomic E-state index is 11.7. The van der Waals surface area contributed by atoms with Gasteiger partial charge in [0.15, 0.2) is 0 Å². The summed E-state index contributed by atoms with van der Waals surface area (Å²) in [5.74, 6) is 0.768. The second kappa shape index (κ2) is 3.48. The molecule has 6 nitrogen and oxygen atoms in total. The first-order chi connectivity index (χ1) is 7.54. The summed E-state index contributed by atoms with van der Waals surface area (Å²) in [6.07, 6.45) is 1.76. The van der Waals surface area contributed by atoms with Crippen molar-refractivity contribution in [3.8, 4) is 0 Å². The lowest BCUT2D eigenvalue weighted by Gasteiger charge is -2.02. The highest BCUT2D eigenvalue weighted by molar-refractivity contribution is 6.06. The molecule has 84 valence electrons. The Bertz CT molecular complexity index is 572. The molecule has 2 rings (SSSR count). The average molecular weight is 219 g/mol. The maximum atomic E-state index is 11.7. The van der Waals surface area contributed by atoms with Crippen LogP contribution in [0.1, 0.15) is 16.3 Å². The van der Waals surface area contributed by atoms with Gasteiger partial charge in [-0.05, 0) is 6.92 Å². The predicted molar refractivity (Wildman–Crippen MR) is 61.0 cm³/mol. The number of aromatic nitrogens is 3. The van der Waals surface area contributed by atoms with E-state index in [1.54, 1.807) is 31.8 Å². The normalized spacial score (nSPS) is 10.7. The molecule has 2 heterocycles. The number of nitrogen functional groups attached to an aromatic ring is 1. The van der Waals surface area contributed by atoms with E-state index in [0.717, 1.165) is 0 Å². The molecule has 0 saturated heterocycles. The molecule has 0 saturated carbocycles. The SMILES string of the molecule is CNC(=O)c1c2nc(C)nc(N)c2cn1C. The number of nitrogens with two attached hydrogens (primary N) is 1. The van der Waals surface area contributed by atoms with Gasteiger partial charge in [0.05, 0.1) is 5.39 Å². The minimum absolute atomic E-state index is 0.185. The van der Waals surface area contributed by atoms with Crippen LogP contribution in [0.4, 0.5) is 5.82 Å². The van der Waals surface area contributed by atoms with E-state index in [-0.39, 0.29) is 5.91 Å². The number of rotatable bonds is 1. The first-order valence-corrected chi connectivity index (χ1v) is 4.85. The van der Waals surface area contributed by atoms with Crippen molar-refractivity contribution in [1.82, 2.24) is 19.9 Å². The van der Waals surface area contributed by atoms with Crippen LogP contribution < -0.4 is 11.1 Å². The Hall–Kier alpha value is -2.11. The van der Waals surface area contributed by atoms with Crippen molar-refractivity contribution in [2.45, 2.75) is 6.92 Å². The Morgan fingerprint density at radius 3 is 2.81 bits per heavy atom. The summed E-state index contributed by atoms with van der Waals surface area (Å²) >= 11 is 0. The van der Waals surface area contributed by atoms with E-state index in [1.165, 1.54) is 0 Å². The number of anilines is 1. The largest absolute Gasteiger partial charge is 0.383 e. The van der Waals surface area contributed by atoms with E-state index in [1.807, 2.05) is 0 Å². The Balaban J connectivity index is 2.83. The van der Waals surface area contributed by atoms with E-state index in [4.69, 9.17) is 5.73 Å². The number of aryl methyl sites for hydroxylation is 2. The zero-order chi connectivity index (χ0) is 11.9. The molecule has 0 radical (unpaired) electrons. The van der Waals surface area contributed by atoms with Gasteiger partial charge in [-0.3, -0.25) is 4.79 Å². The van der Waals surface area contributed by atoms with Crippen LogP contribution in [0.5, 0.6) is 0 Å². The van der Waals surface area contributed by atoms with Crippen LogP contribution in [0.3, 0.4) is 0 Å². The van der Waals surface area contributed by atoms with Gasteiger partial charge < -0.3 is 15.6 Å². The molecule has 16 heavy (non-hydrogen) atoms. The monoisotopic (exact) mass is 219 g/mol. The summed E-state index contributed by atoms with van der Waals surface area (Å²) in [4.78, 5) is 20.0. The molecule has 0 unspecified atom stereocenters. The maximum Gasteiger partial charge on any atom is 0.269 e. The molecule has 0 fully saturated rings. The number of nitrogens with zero attached hydrogens (tertiary/aromatic N) is 3. The van der Waals surface area contributed by atoms with Crippen LogP contribution in [0.15, 0.2) is 6.20 Å². The third-order valence-electron chi connectivity index (χ3n) is 2.43. The van der Waals surface area contributed by atoms with Crippen LogP contribution in [-0.2, 0) is 7.05 Å². The second-order valence-corrected chi connectivity index (χ2v) is 3.59. The highest BCUT2D eigenvalue weighted by atomic mass is 16.1. The van der Waals surface area contributed by atoms with Gasteiger partial charge >= 0.3 is 0 Å². The first-order valence-electron chi connectivity index (χ1n) is 4.85. The number of fused-ring (bicyclic) bond motifs is 1. The van der Waals surface area contributed by atoms with Crippen LogP contribution in [-0.4, -0.2) is 27.5 Å². The molecule has 0 aliphatic heterocycles. The van der Waals surface area contributed by atoms with Crippen LogP contribution in [0.25, 0.3) is 10.9 Å². The lowest BCUT2D eigenvalue weighted by molar-refractivity contribution is 0.0956. The molecule has 3 N–H and O–H groups in total. The number of hydrogen-bond acceptors (Lipinski definition) is 4. The van der Waals surface area contributed by atoms with Gasteiger partial charge in [-0.25, -0.2) is 9.97 Å². The van der Waals surface area contributed by atoms with Crippen molar-refractivity contribution < 1.29 is 4.79 Å². The third kappa shape index (κ3) is 1.39. The molecular weight excluding hydrogens is 206 g/mol. The predicted octanol–water partition coefficient (Wildman–Crippen LogP) is 0.219. The van der Waals surface area contributed by atoms with Crippen molar-refractivity contribution in [3.63, 3.8) is 0 Å². The molecule has 0 aromatic carbocycles. The molecule has 0 aliphatic rings. The molecule has 0 aliphatic carbocycles. The molecular formula is C10H13N5O. The fourth-order valence-electron chi connectivity index (χ4n) is 1.72. The van der Waals surface area contributed by atoms with Crippen LogP contribution in [0.2, 0.25) is 0 Å². The zero-order valence-electron chi connectivity index (χ0n) is 9.40. The van der Waals surface area contributed by atoms with Crippen molar-refractivity contribution in [1.29, 1.82) is 0 Å². The number of amides is 1. The summed E-state index contributed by atoms with van der Waals surface area (Å²) in [6.45, 7) is 1.75. The average Bonchev–Trinajstić information content (AvgIpc) is 2.54. The summed E-state index contributed by atoms with van der Waals surface area (Å²) in [5, 5.41) is 3.28. The highest BCUT2D eigenvalue weighted by Crippen LogP contribution is 2.22. The molecule has 6 heteroatoms. The van der Waals surface area contributed by atoms with Crippen LogP contribution in [0, 0.1) is 6.92 Å². The van der Waals surface area contributed by atoms with Gasteiger partial charge in [-0.2, -0.15) is 0 Å². The number of hydrogen-bond donors (Lipinski definition) is 2. The van der Waals surface area contributed by atoms with Gasteiger partial charge in [0.1, 0.15) is 22.9 Å². The Kier molecular flexibility index (Phi) is 2.26. The first kappa shape index (κ1) is 10.4. The highest BCUT2D eigenvalue weighted by Gasteiger charge is 2.17. The van der Waals surface area contributed by atoms with Crippen molar-refractivity contribution in [3.05, 3.63) is 17.7 Å². The Labute approximate surface area is 92.5 Å². The van der Waals surface area contributed by atoms with Crippen molar-refractivity contribution in [2.24, 2.45) is 7.05 Å². The number of carbonyl (C=O) groups excluding carboxylic acids is 1. The van der Waals surface area contributed by atoms with E-state index >= 15 is 0 Å². The summed E-state index contributed by atoms with van der Waals surface area (Å²) in [5.41, 5.74) is 6.87. The third-order valence-corrected chi connectivity index (χ3v) is 2.43. The number of nitrogens with one attached hydrogen (secondary N) is 1. The van der Waals surface area contributed by atoms with Gasteiger partial charge in [0.2, 0.25) is 0 Å². The van der Waals surface area contributed by atoms with E-state index in [0.29, 0.717) is 28.2 Å². The Morgan fingerprint density at radius 1 is 1.50 bits per heavy atom. The van der Waals surface area contributed by atoms with Gasteiger partial charge in [0.25, 0.3) is 5.91 Å². The van der Waals surface area contributed by atoms with Gasteiger partial charge in [-0.15, -0.1) is 0 Å². The van der Waals surface area contributed by atoms with E-state index in [9.17, 15) is 4.79 Å². The fourth-order valence-corrected chi connectivity index (χ4v) is 1.72. The van der Waals surface area contributed by atoms with E-state index in [2.05, 4.69) is 15.3 Å². The van der Waals surface area contributed by atoms with Crippen molar-refractivity contribution >= 4 is 22.6 Å². The van der Waals surface area contributed by atoms with E-state index < -0.39 is 0 Å². The topological polar surface area (TPSA) is 85.8 Å².